The highest BCUT2D eigenvalue weighted by Gasteiger charge is 2.37. The van der Waals surface area contributed by atoms with E-state index in [0.717, 1.165) is 19.3 Å². The van der Waals surface area contributed by atoms with Crippen molar-refractivity contribution < 1.29 is 19.1 Å². The zero-order chi connectivity index (χ0) is 12.9. The van der Waals surface area contributed by atoms with Crippen LogP contribution in [0.1, 0.15) is 39.5 Å². The Kier molecular flexibility index (Phi) is 4.93. The van der Waals surface area contributed by atoms with Crippen LogP contribution in [-0.2, 0) is 19.1 Å². The second kappa shape index (κ2) is 6.00. The van der Waals surface area contributed by atoms with Crippen molar-refractivity contribution >= 4 is 11.9 Å². The summed E-state index contributed by atoms with van der Waals surface area (Å²) < 4.78 is 10.0. The van der Waals surface area contributed by atoms with E-state index < -0.39 is 17.6 Å². The maximum atomic E-state index is 11.9. The molecule has 1 aliphatic rings. The largest absolute Gasteiger partial charge is 0.467 e. The van der Waals surface area contributed by atoms with Gasteiger partial charge in [0.2, 0.25) is 5.91 Å². The van der Waals surface area contributed by atoms with Gasteiger partial charge in [-0.2, -0.15) is 0 Å². The van der Waals surface area contributed by atoms with Crippen molar-refractivity contribution in [3.05, 3.63) is 0 Å². The van der Waals surface area contributed by atoms with Gasteiger partial charge in [0.15, 0.2) is 0 Å². The van der Waals surface area contributed by atoms with E-state index in [1.54, 1.807) is 6.92 Å². The van der Waals surface area contributed by atoms with E-state index in [-0.39, 0.29) is 5.91 Å². The predicted molar refractivity (Wildman–Crippen MR) is 62.4 cm³/mol. The molecule has 0 aromatic heterocycles. The number of nitrogens with one attached hydrogen (secondary N) is 1. The van der Waals surface area contributed by atoms with Gasteiger partial charge in [0.05, 0.1) is 7.11 Å². The molecule has 1 amide bonds. The van der Waals surface area contributed by atoms with Crippen molar-refractivity contribution in [2.75, 3.05) is 13.7 Å². The summed E-state index contributed by atoms with van der Waals surface area (Å²) in [4.78, 5) is 23.6. The molecule has 98 valence electrons. The summed E-state index contributed by atoms with van der Waals surface area (Å²) >= 11 is 0. The van der Waals surface area contributed by atoms with E-state index in [0.29, 0.717) is 13.0 Å². The van der Waals surface area contributed by atoms with Gasteiger partial charge in [-0.25, -0.2) is 4.79 Å². The Morgan fingerprint density at radius 1 is 1.53 bits per heavy atom. The summed E-state index contributed by atoms with van der Waals surface area (Å²) in [6.45, 7) is 4.26. The Bertz CT molecular complexity index is 286. The number of carbonyl (C=O) groups is 2. The molecule has 1 fully saturated rings. The number of rotatable bonds is 5. The Balaban J connectivity index is 2.65. The molecule has 1 saturated heterocycles. The standard InChI is InChI=1S/C12H21NO4/c1-4-7-12(2,11(15)16-3)13-10(14)9-6-5-8-17-9/h9H,4-8H2,1-3H3,(H,13,14). The zero-order valence-electron chi connectivity index (χ0n) is 10.7. The van der Waals surface area contributed by atoms with Gasteiger partial charge < -0.3 is 14.8 Å². The van der Waals surface area contributed by atoms with E-state index in [2.05, 4.69) is 5.32 Å². The van der Waals surface area contributed by atoms with E-state index in [9.17, 15) is 9.59 Å². The van der Waals surface area contributed by atoms with Crippen LogP contribution in [0.5, 0.6) is 0 Å². The first-order valence-electron chi connectivity index (χ1n) is 6.05. The van der Waals surface area contributed by atoms with Gasteiger partial charge in [-0.3, -0.25) is 4.79 Å². The number of carbonyl (C=O) groups excluding carboxylic acids is 2. The molecule has 0 radical (unpaired) electrons. The molecule has 0 bridgehead atoms. The van der Waals surface area contributed by atoms with Crippen molar-refractivity contribution in [1.29, 1.82) is 0 Å². The van der Waals surface area contributed by atoms with Gasteiger partial charge in [0.1, 0.15) is 11.6 Å². The molecule has 1 N–H and O–H groups in total. The van der Waals surface area contributed by atoms with Crippen LogP contribution >= 0.6 is 0 Å². The first-order chi connectivity index (χ1) is 8.03. The fraction of sp³-hybridized carbons (Fsp3) is 0.833. The van der Waals surface area contributed by atoms with Gasteiger partial charge >= 0.3 is 5.97 Å². The molecule has 0 aromatic carbocycles. The average Bonchev–Trinajstić information content (AvgIpc) is 2.81. The Morgan fingerprint density at radius 3 is 2.71 bits per heavy atom. The second-order valence-corrected chi connectivity index (χ2v) is 4.56. The molecule has 5 nitrogen and oxygen atoms in total. The van der Waals surface area contributed by atoms with E-state index in [4.69, 9.17) is 9.47 Å². The maximum Gasteiger partial charge on any atom is 0.331 e. The first-order valence-corrected chi connectivity index (χ1v) is 6.05. The number of ether oxygens (including phenoxy) is 2. The SMILES string of the molecule is CCCC(C)(NC(=O)C1CCCO1)C(=O)OC. The van der Waals surface area contributed by atoms with Crippen molar-refractivity contribution in [1.82, 2.24) is 5.32 Å². The number of methoxy groups -OCH3 is 1. The van der Waals surface area contributed by atoms with E-state index in [1.165, 1.54) is 7.11 Å². The number of hydrogen-bond donors (Lipinski definition) is 1. The minimum atomic E-state index is -0.952. The summed E-state index contributed by atoms with van der Waals surface area (Å²) in [7, 11) is 1.33. The molecule has 2 unspecified atom stereocenters. The quantitative estimate of drug-likeness (QED) is 0.732. The first kappa shape index (κ1) is 14.0. The second-order valence-electron chi connectivity index (χ2n) is 4.56. The predicted octanol–water partition coefficient (Wildman–Crippen LogP) is 1.01. The molecule has 1 rings (SSSR count). The summed E-state index contributed by atoms with van der Waals surface area (Å²) in [5, 5.41) is 2.75. The summed E-state index contributed by atoms with van der Waals surface area (Å²) in [6.07, 6.45) is 2.53. The summed E-state index contributed by atoms with van der Waals surface area (Å²) in [6, 6.07) is 0. The van der Waals surface area contributed by atoms with Gasteiger partial charge in [-0.05, 0) is 26.2 Å². The third-order valence-electron chi connectivity index (χ3n) is 3.01. The maximum absolute atomic E-state index is 11.9. The van der Waals surface area contributed by atoms with Crippen LogP contribution in [0.25, 0.3) is 0 Å². The number of amides is 1. The molecular weight excluding hydrogens is 222 g/mol. The lowest BCUT2D eigenvalue weighted by molar-refractivity contribution is -0.152. The topological polar surface area (TPSA) is 64.6 Å². The van der Waals surface area contributed by atoms with Gasteiger partial charge in [-0.15, -0.1) is 0 Å². The van der Waals surface area contributed by atoms with Crippen LogP contribution in [0.4, 0.5) is 0 Å². The Morgan fingerprint density at radius 2 is 2.24 bits per heavy atom. The average molecular weight is 243 g/mol. The molecule has 0 aliphatic carbocycles. The highest BCUT2D eigenvalue weighted by Crippen LogP contribution is 2.17. The van der Waals surface area contributed by atoms with Crippen LogP contribution in [0.2, 0.25) is 0 Å². The Hall–Kier alpha value is -1.10. The minimum absolute atomic E-state index is 0.219. The van der Waals surface area contributed by atoms with Gasteiger partial charge in [0, 0.05) is 6.61 Å². The molecular formula is C12H21NO4. The molecule has 5 heteroatoms. The molecule has 2 atom stereocenters. The van der Waals surface area contributed by atoms with Crippen molar-refractivity contribution in [2.45, 2.75) is 51.2 Å². The van der Waals surface area contributed by atoms with Crippen LogP contribution in [0, 0.1) is 0 Å². The minimum Gasteiger partial charge on any atom is -0.467 e. The zero-order valence-corrected chi connectivity index (χ0v) is 10.7. The van der Waals surface area contributed by atoms with E-state index in [1.807, 2.05) is 6.92 Å². The molecule has 0 saturated carbocycles. The molecule has 1 aliphatic heterocycles. The molecule has 1 heterocycles. The van der Waals surface area contributed by atoms with Crippen LogP contribution < -0.4 is 5.32 Å². The number of esters is 1. The third-order valence-corrected chi connectivity index (χ3v) is 3.01. The molecule has 0 spiro atoms. The lowest BCUT2D eigenvalue weighted by Crippen LogP contribution is -2.55. The monoisotopic (exact) mass is 243 g/mol. The molecule has 0 aromatic rings. The summed E-state index contributed by atoms with van der Waals surface area (Å²) in [5.41, 5.74) is -0.952. The van der Waals surface area contributed by atoms with Crippen molar-refractivity contribution in [3.63, 3.8) is 0 Å². The molecule has 17 heavy (non-hydrogen) atoms. The normalized spacial score (nSPS) is 22.9. The van der Waals surface area contributed by atoms with Crippen LogP contribution in [0.15, 0.2) is 0 Å². The smallest absolute Gasteiger partial charge is 0.331 e. The lowest BCUT2D eigenvalue weighted by atomic mass is 9.95. The lowest BCUT2D eigenvalue weighted by Gasteiger charge is -2.28. The fourth-order valence-corrected chi connectivity index (χ4v) is 2.08. The van der Waals surface area contributed by atoms with E-state index >= 15 is 0 Å². The third kappa shape index (κ3) is 3.43. The van der Waals surface area contributed by atoms with Gasteiger partial charge in [-0.1, -0.05) is 13.3 Å². The van der Waals surface area contributed by atoms with Crippen molar-refractivity contribution in [3.8, 4) is 0 Å². The highest BCUT2D eigenvalue weighted by atomic mass is 16.5. The number of hydrogen-bond acceptors (Lipinski definition) is 4. The van der Waals surface area contributed by atoms with Crippen molar-refractivity contribution in [2.24, 2.45) is 0 Å². The van der Waals surface area contributed by atoms with Gasteiger partial charge in [0.25, 0.3) is 0 Å². The van der Waals surface area contributed by atoms with Crippen LogP contribution in [0.3, 0.4) is 0 Å². The van der Waals surface area contributed by atoms with Crippen LogP contribution in [-0.4, -0.2) is 37.2 Å². The highest BCUT2D eigenvalue weighted by molar-refractivity contribution is 5.89. The summed E-state index contributed by atoms with van der Waals surface area (Å²) in [5.74, 6) is -0.630. The fourth-order valence-electron chi connectivity index (χ4n) is 2.08. The Labute approximate surface area is 102 Å².